The van der Waals surface area contributed by atoms with Crippen LogP contribution < -0.4 is 10.6 Å². The second-order valence-electron chi connectivity index (χ2n) is 3.73. The van der Waals surface area contributed by atoms with Crippen LogP contribution in [0.5, 0.6) is 0 Å². The molecule has 1 saturated heterocycles. The molecule has 1 aliphatic rings. The van der Waals surface area contributed by atoms with E-state index in [1.807, 2.05) is 31.3 Å². The molecule has 0 aliphatic carbocycles. The minimum atomic E-state index is 0.0594. The Bertz CT molecular complexity index is 378. The number of benzene rings is 1. The van der Waals surface area contributed by atoms with Crippen LogP contribution in [-0.2, 0) is 6.54 Å². The summed E-state index contributed by atoms with van der Waals surface area (Å²) < 4.78 is 0. The minimum Gasteiger partial charge on any atom is -0.326 e. The number of amides is 2. The van der Waals surface area contributed by atoms with Gasteiger partial charge in [-0.25, -0.2) is 4.79 Å². The van der Waals surface area contributed by atoms with Crippen molar-refractivity contribution < 1.29 is 4.79 Å². The molecule has 0 unspecified atom stereocenters. The van der Waals surface area contributed by atoms with Crippen LogP contribution >= 0.6 is 0 Å². The van der Waals surface area contributed by atoms with Gasteiger partial charge < -0.3 is 10.6 Å². The quantitative estimate of drug-likeness (QED) is 0.783. The van der Waals surface area contributed by atoms with Crippen molar-refractivity contribution in [3.63, 3.8) is 0 Å². The lowest BCUT2D eigenvalue weighted by Crippen LogP contribution is -2.29. The number of nitrogens with zero attached hydrogens (tertiary/aromatic N) is 2. The lowest BCUT2D eigenvalue weighted by molar-refractivity contribution is 0.229. The van der Waals surface area contributed by atoms with Crippen molar-refractivity contribution in [2.24, 2.45) is 5.73 Å². The van der Waals surface area contributed by atoms with Gasteiger partial charge in [0, 0.05) is 32.4 Å². The van der Waals surface area contributed by atoms with Gasteiger partial charge in [-0.1, -0.05) is 12.1 Å². The van der Waals surface area contributed by atoms with Gasteiger partial charge in [0.15, 0.2) is 0 Å². The van der Waals surface area contributed by atoms with E-state index in [9.17, 15) is 4.79 Å². The lowest BCUT2D eigenvalue weighted by Gasteiger charge is -2.16. The summed E-state index contributed by atoms with van der Waals surface area (Å²) in [6.07, 6.45) is 0. The largest absolute Gasteiger partial charge is 0.326 e. The Kier molecular flexibility index (Phi) is 2.60. The number of likely N-dealkylation sites (N-methyl/N-ethyl adjacent to an activating group) is 1. The van der Waals surface area contributed by atoms with Crippen LogP contribution in [0.25, 0.3) is 0 Å². The van der Waals surface area contributed by atoms with E-state index in [-0.39, 0.29) is 6.03 Å². The second kappa shape index (κ2) is 3.90. The van der Waals surface area contributed by atoms with Crippen molar-refractivity contribution in [1.82, 2.24) is 4.90 Å². The summed E-state index contributed by atoms with van der Waals surface area (Å²) in [6.45, 7) is 2.04. The van der Waals surface area contributed by atoms with Crippen molar-refractivity contribution in [3.05, 3.63) is 29.8 Å². The molecule has 0 bridgehead atoms. The van der Waals surface area contributed by atoms with Crippen molar-refractivity contribution >= 4 is 11.7 Å². The smallest absolute Gasteiger partial charge is 0.324 e. The predicted molar refractivity (Wildman–Crippen MR) is 59.7 cm³/mol. The van der Waals surface area contributed by atoms with Crippen molar-refractivity contribution in [1.29, 1.82) is 0 Å². The molecule has 2 rings (SSSR count). The number of nitrogens with two attached hydrogens (primary N) is 1. The van der Waals surface area contributed by atoms with E-state index in [0.717, 1.165) is 24.3 Å². The van der Waals surface area contributed by atoms with E-state index in [2.05, 4.69) is 0 Å². The molecule has 1 aromatic rings. The summed E-state index contributed by atoms with van der Waals surface area (Å²) in [5.74, 6) is 0. The average molecular weight is 205 g/mol. The molecule has 2 amide bonds. The molecule has 0 saturated carbocycles. The van der Waals surface area contributed by atoms with Gasteiger partial charge in [0.25, 0.3) is 0 Å². The van der Waals surface area contributed by atoms with Crippen molar-refractivity contribution in [3.8, 4) is 0 Å². The van der Waals surface area contributed by atoms with E-state index in [1.54, 1.807) is 9.80 Å². The second-order valence-corrected chi connectivity index (χ2v) is 3.73. The highest BCUT2D eigenvalue weighted by Gasteiger charge is 2.26. The van der Waals surface area contributed by atoms with E-state index < -0.39 is 0 Å². The molecular weight excluding hydrogens is 190 g/mol. The minimum absolute atomic E-state index is 0.0594. The predicted octanol–water partition coefficient (Wildman–Crippen LogP) is 1.02. The van der Waals surface area contributed by atoms with Crippen LogP contribution in [0, 0.1) is 0 Å². The van der Waals surface area contributed by atoms with Crippen LogP contribution in [0.3, 0.4) is 0 Å². The number of rotatable bonds is 2. The molecule has 4 nitrogen and oxygen atoms in total. The van der Waals surface area contributed by atoms with Crippen molar-refractivity contribution in [2.45, 2.75) is 6.54 Å². The summed E-state index contributed by atoms with van der Waals surface area (Å²) in [4.78, 5) is 15.2. The number of carbonyl (C=O) groups excluding carboxylic acids is 1. The van der Waals surface area contributed by atoms with E-state index in [0.29, 0.717) is 6.54 Å². The standard InChI is InChI=1S/C11H15N3O/c1-13-5-6-14(11(13)15)10-4-2-3-9(7-10)8-12/h2-4,7H,5-6,8,12H2,1H3. The fourth-order valence-electron chi connectivity index (χ4n) is 1.74. The van der Waals surface area contributed by atoms with Gasteiger partial charge in [-0.2, -0.15) is 0 Å². The highest BCUT2D eigenvalue weighted by molar-refractivity contribution is 5.93. The fraction of sp³-hybridized carbons (Fsp3) is 0.364. The zero-order chi connectivity index (χ0) is 10.8. The third-order valence-electron chi connectivity index (χ3n) is 2.67. The maximum atomic E-state index is 11.7. The number of carbonyl (C=O) groups is 1. The monoisotopic (exact) mass is 205 g/mol. The molecule has 15 heavy (non-hydrogen) atoms. The molecule has 0 atom stereocenters. The topological polar surface area (TPSA) is 49.6 Å². The third kappa shape index (κ3) is 1.80. The molecule has 1 heterocycles. The highest BCUT2D eigenvalue weighted by Crippen LogP contribution is 2.20. The Labute approximate surface area is 89.3 Å². The molecule has 1 fully saturated rings. The van der Waals surface area contributed by atoms with Gasteiger partial charge in [0.1, 0.15) is 0 Å². The molecule has 2 N–H and O–H groups in total. The number of anilines is 1. The van der Waals surface area contributed by atoms with Gasteiger partial charge in [0.05, 0.1) is 0 Å². The van der Waals surface area contributed by atoms with E-state index in [1.165, 1.54) is 0 Å². The van der Waals surface area contributed by atoms with Gasteiger partial charge in [-0.05, 0) is 17.7 Å². The van der Waals surface area contributed by atoms with E-state index >= 15 is 0 Å². The van der Waals surface area contributed by atoms with Gasteiger partial charge in [-0.3, -0.25) is 4.90 Å². The summed E-state index contributed by atoms with van der Waals surface area (Å²) in [6, 6.07) is 7.87. The molecule has 4 heteroatoms. The Morgan fingerprint density at radius 1 is 1.40 bits per heavy atom. The van der Waals surface area contributed by atoms with Crippen LogP contribution in [-0.4, -0.2) is 31.1 Å². The summed E-state index contributed by atoms with van der Waals surface area (Å²) in [7, 11) is 1.81. The zero-order valence-corrected chi connectivity index (χ0v) is 8.81. The first-order valence-electron chi connectivity index (χ1n) is 5.04. The zero-order valence-electron chi connectivity index (χ0n) is 8.81. The summed E-state index contributed by atoms with van der Waals surface area (Å²) in [5.41, 5.74) is 7.55. The number of urea groups is 1. The van der Waals surface area contributed by atoms with Gasteiger partial charge in [-0.15, -0.1) is 0 Å². The summed E-state index contributed by atoms with van der Waals surface area (Å²) in [5, 5.41) is 0. The van der Waals surface area contributed by atoms with Crippen molar-refractivity contribution in [2.75, 3.05) is 25.0 Å². The highest BCUT2D eigenvalue weighted by atomic mass is 16.2. The SMILES string of the molecule is CN1CCN(c2cccc(CN)c2)C1=O. The normalized spacial score (nSPS) is 16.3. The maximum absolute atomic E-state index is 11.7. The molecule has 0 spiro atoms. The molecule has 0 radical (unpaired) electrons. The lowest BCUT2D eigenvalue weighted by atomic mass is 10.2. The Morgan fingerprint density at radius 3 is 2.80 bits per heavy atom. The molecule has 80 valence electrons. The maximum Gasteiger partial charge on any atom is 0.324 e. The molecule has 0 aromatic heterocycles. The molecular formula is C11H15N3O. The first-order valence-corrected chi connectivity index (χ1v) is 5.04. The first kappa shape index (κ1) is 9.98. The van der Waals surface area contributed by atoms with Crippen LogP contribution in [0.2, 0.25) is 0 Å². The third-order valence-corrected chi connectivity index (χ3v) is 2.67. The molecule has 1 aromatic carbocycles. The van der Waals surface area contributed by atoms with Crippen LogP contribution in [0.1, 0.15) is 5.56 Å². The first-order chi connectivity index (χ1) is 7.22. The Balaban J connectivity index is 2.26. The Morgan fingerprint density at radius 2 is 2.20 bits per heavy atom. The van der Waals surface area contributed by atoms with Gasteiger partial charge in [0.2, 0.25) is 0 Å². The van der Waals surface area contributed by atoms with E-state index in [4.69, 9.17) is 5.73 Å². The summed E-state index contributed by atoms with van der Waals surface area (Å²) >= 11 is 0. The molecule has 1 aliphatic heterocycles. The van der Waals surface area contributed by atoms with Crippen LogP contribution in [0.15, 0.2) is 24.3 Å². The number of hydrogen-bond donors (Lipinski definition) is 1. The van der Waals surface area contributed by atoms with Gasteiger partial charge >= 0.3 is 6.03 Å². The average Bonchev–Trinajstić information content (AvgIpc) is 2.60. The Hall–Kier alpha value is -1.55. The fourth-order valence-corrected chi connectivity index (χ4v) is 1.74. The number of hydrogen-bond acceptors (Lipinski definition) is 2. The van der Waals surface area contributed by atoms with Crippen LogP contribution in [0.4, 0.5) is 10.5 Å².